The summed E-state index contributed by atoms with van der Waals surface area (Å²) in [4.78, 5) is 13.0. The first-order valence-electron chi connectivity index (χ1n) is 12.0. The zero-order valence-corrected chi connectivity index (χ0v) is 20.4. The molecule has 1 fully saturated rings. The third-order valence-corrected chi connectivity index (χ3v) is 8.72. The van der Waals surface area contributed by atoms with Gasteiger partial charge in [-0.2, -0.15) is 4.31 Å². The van der Waals surface area contributed by atoms with Gasteiger partial charge >= 0.3 is 0 Å². The van der Waals surface area contributed by atoms with Crippen LogP contribution in [0.2, 0.25) is 0 Å². The molecule has 1 atom stereocenters. The number of carbonyl (C=O) groups excluding carboxylic acids is 1. The number of ether oxygens (including phenoxy) is 1. The standard InChI is InChI=1S/C26H34N2O4S/c1-19(21-10-9-20-7-6-8-22(20)17-21)27-26(29)14-11-23-18-24(12-13-25(23)32-2)33(30,31)28-15-4-3-5-16-28/h9-10,12-13,17-19H,3-8,11,14-16H2,1-2H3,(H,27,29)/t19-/m0/s1. The molecule has 1 aliphatic heterocycles. The van der Waals surface area contributed by atoms with E-state index >= 15 is 0 Å². The molecule has 0 radical (unpaired) electrons. The van der Waals surface area contributed by atoms with Crippen molar-refractivity contribution in [3.63, 3.8) is 0 Å². The molecule has 0 saturated carbocycles. The monoisotopic (exact) mass is 470 g/mol. The number of amides is 1. The van der Waals surface area contributed by atoms with E-state index in [2.05, 4.69) is 23.5 Å². The van der Waals surface area contributed by atoms with Crippen molar-refractivity contribution < 1.29 is 17.9 Å². The molecular weight excluding hydrogens is 436 g/mol. The first kappa shape index (κ1) is 23.8. The summed E-state index contributed by atoms with van der Waals surface area (Å²) in [5.74, 6) is 0.543. The largest absolute Gasteiger partial charge is 0.496 e. The van der Waals surface area contributed by atoms with Crippen LogP contribution in [0.15, 0.2) is 41.3 Å². The fourth-order valence-electron chi connectivity index (χ4n) is 4.87. The van der Waals surface area contributed by atoms with Crippen molar-refractivity contribution in [2.24, 2.45) is 0 Å². The number of sulfonamides is 1. The second-order valence-electron chi connectivity index (χ2n) is 9.11. The topological polar surface area (TPSA) is 75.7 Å². The van der Waals surface area contributed by atoms with Gasteiger partial charge in [0.05, 0.1) is 18.0 Å². The fraction of sp³-hybridized carbons (Fsp3) is 0.500. The highest BCUT2D eigenvalue weighted by Crippen LogP contribution is 2.28. The number of aryl methyl sites for hydroxylation is 3. The molecule has 2 aromatic carbocycles. The normalized spacial score (nSPS) is 17.4. The number of fused-ring (bicyclic) bond motifs is 1. The Labute approximate surface area is 197 Å². The summed E-state index contributed by atoms with van der Waals surface area (Å²) >= 11 is 0. The first-order chi connectivity index (χ1) is 15.9. The Morgan fingerprint density at radius 1 is 1.03 bits per heavy atom. The van der Waals surface area contributed by atoms with Crippen molar-refractivity contribution >= 4 is 15.9 Å². The third kappa shape index (κ3) is 5.41. The number of piperidine rings is 1. The fourth-order valence-corrected chi connectivity index (χ4v) is 6.44. The Morgan fingerprint density at radius 2 is 1.79 bits per heavy atom. The van der Waals surface area contributed by atoms with Gasteiger partial charge in [0.2, 0.25) is 15.9 Å². The molecule has 7 heteroatoms. The molecule has 1 heterocycles. The minimum absolute atomic E-state index is 0.0608. The number of hydrogen-bond acceptors (Lipinski definition) is 4. The zero-order valence-electron chi connectivity index (χ0n) is 19.6. The van der Waals surface area contributed by atoms with Crippen LogP contribution in [0.4, 0.5) is 0 Å². The SMILES string of the molecule is COc1ccc(S(=O)(=O)N2CCCCC2)cc1CCC(=O)N[C@@H](C)c1ccc2c(c1)CCC2. The van der Waals surface area contributed by atoms with Gasteiger partial charge in [0.15, 0.2) is 0 Å². The molecule has 0 aromatic heterocycles. The lowest BCUT2D eigenvalue weighted by Crippen LogP contribution is -2.35. The number of methoxy groups -OCH3 is 1. The van der Waals surface area contributed by atoms with Crippen LogP contribution in [-0.2, 0) is 34.1 Å². The van der Waals surface area contributed by atoms with Crippen LogP contribution in [0.1, 0.15) is 67.3 Å². The minimum Gasteiger partial charge on any atom is -0.496 e. The summed E-state index contributed by atoms with van der Waals surface area (Å²) in [6, 6.07) is 11.4. The summed E-state index contributed by atoms with van der Waals surface area (Å²) in [7, 11) is -1.97. The maximum atomic E-state index is 13.1. The lowest BCUT2D eigenvalue weighted by Gasteiger charge is -2.26. The molecule has 178 valence electrons. The van der Waals surface area contributed by atoms with E-state index in [0.29, 0.717) is 25.3 Å². The van der Waals surface area contributed by atoms with Crippen molar-refractivity contribution in [3.8, 4) is 5.75 Å². The van der Waals surface area contributed by atoms with Crippen LogP contribution in [0, 0.1) is 0 Å². The molecule has 4 rings (SSSR count). The van der Waals surface area contributed by atoms with E-state index in [-0.39, 0.29) is 23.3 Å². The Morgan fingerprint density at radius 3 is 2.55 bits per heavy atom. The lowest BCUT2D eigenvalue weighted by molar-refractivity contribution is -0.121. The van der Waals surface area contributed by atoms with E-state index in [4.69, 9.17) is 4.74 Å². The number of benzene rings is 2. The van der Waals surface area contributed by atoms with Crippen LogP contribution in [0.25, 0.3) is 0 Å². The van der Waals surface area contributed by atoms with Gasteiger partial charge in [-0.05, 0) is 85.9 Å². The van der Waals surface area contributed by atoms with Crippen LogP contribution in [0.3, 0.4) is 0 Å². The molecule has 33 heavy (non-hydrogen) atoms. The number of nitrogens with one attached hydrogen (secondary N) is 1. The van der Waals surface area contributed by atoms with Crippen molar-refractivity contribution in [2.75, 3.05) is 20.2 Å². The van der Waals surface area contributed by atoms with Gasteiger partial charge < -0.3 is 10.1 Å². The van der Waals surface area contributed by atoms with E-state index in [1.165, 1.54) is 17.5 Å². The third-order valence-electron chi connectivity index (χ3n) is 6.83. The number of nitrogens with zero attached hydrogens (tertiary/aromatic N) is 1. The first-order valence-corrected chi connectivity index (χ1v) is 13.4. The summed E-state index contributed by atoms with van der Waals surface area (Å²) in [6.07, 6.45) is 6.99. The summed E-state index contributed by atoms with van der Waals surface area (Å²) in [6.45, 7) is 3.13. The predicted octanol–water partition coefficient (Wildman–Crippen LogP) is 4.17. The Balaban J connectivity index is 1.41. The predicted molar refractivity (Wildman–Crippen MR) is 129 cm³/mol. The molecule has 2 aromatic rings. The van der Waals surface area contributed by atoms with E-state index < -0.39 is 10.0 Å². The zero-order chi connectivity index (χ0) is 23.4. The van der Waals surface area contributed by atoms with E-state index in [1.54, 1.807) is 29.6 Å². The Hall–Kier alpha value is -2.38. The van der Waals surface area contributed by atoms with Gasteiger partial charge in [0.1, 0.15) is 5.75 Å². The van der Waals surface area contributed by atoms with Gasteiger partial charge in [-0.1, -0.05) is 24.6 Å². The van der Waals surface area contributed by atoms with Gasteiger partial charge in [-0.3, -0.25) is 4.79 Å². The quantitative estimate of drug-likeness (QED) is 0.628. The molecule has 0 unspecified atom stereocenters. The van der Waals surface area contributed by atoms with Gasteiger partial charge in [0, 0.05) is 19.5 Å². The summed E-state index contributed by atoms with van der Waals surface area (Å²) in [5, 5.41) is 3.09. The highest BCUT2D eigenvalue weighted by Gasteiger charge is 2.26. The number of rotatable bonds is 8. The maximum Gasteiger partial charge on any atom is 0.243 e. The average molecular weight is 471 g/mol. The second-order valence-corrected chi connectivity index (χ2v) is 11.0. The highest BCUT2D eigenvalue weighted by molar-refractivity contribution is 7.89. The molecule has 1 N–H and O–H groups in total. The van der Waals surface area contributed by atoms with Crippen molar-refractivity contribution in [1.29, 1.82) is 0 Å². The molecule has 2 aliphatic rings. The van der Waals surface area contributed by atoms with Crippen LogP contribution < -0.4 is 10.1 Å². The summed E-state index contributed by atoms with van der Waals surface area (Å²) < 4.78 is 33.1. The van der Waals surface area contributed by atoms with E-state index in [9.17, 15) is 13.2 Å². The maximum absolute atomic E-state index is 13.1. The van der Waals surface area contributed by atoms with Gasteiger partial charge in [0.25, 0.3) is 0 Å². The van der Waals surface area contributed by atoms with Crippen molar-refractivity contribution in [1.82, 2.24) is 9.62 Å². The second kappa shape index (κ2) is 10.3. The number of hydrogen-bond donors (Lipinski definition) is 1. The molecular formula is C26H34N2O4S. The highest BCUT2D eigenvalue weighted by atomic mass is 32.2. The molecule has 1 aliphatic carbocycles. The summed E-state index contributed by atoms with van der Waals surface area (Å²) in [5.41, 5.74) is 4.67. The van der Waals surface area contributed by atoms with Gasteiger partial charge in [-0.25, -0.2) is 8.42 Å². The van der Waals surface area contributed by atoms with Crippen molar-refractivity contribution in [3.05, 3.63) is 58.7 Å². The number of carbonyl (C=O) groups is 1. The Bertz CT molecular complexity index is 1110. The molecule has 6 nitrogen and oxygen atoms in total. The Kier molecular flexibility index (Phi) is 7.39. The van der Waals surface area contributed by atoms with Crippen LogP contribution in [0.5, 0.6) is 5.75 Å². The molecule has 1 amide bonds. The molecule has 1 saturated heterocycles. The smallest absolute Gasteiger partial charge is 0.243 e. The molecule has 0 spiro atoms. The lowest BCUT2D eigenvalue weighted by atomic mass is 10.0. The van der Waals surface area contributed by atoms with Gasteiger partial charge in [-0.15, -0.1) is 0 Å². The van der Waals surface area contributed by atoms with E-state index in [0.717, 1.165) is 43.2 Å². The average Bonchev–Trinajstić information content (AvgIpc) is 3.31. The van der Waals surface area contributed by atoms with Crippen LogP contribution >= 0.6 is 0 Å². The minimum atomic E-state index is -3.53. The van der Waals surface area contributed by atoms with E-state index in [1.807, 2.05) is 6.92 Å². The van der Waals surface area contributed by atoms with Crippen LogP contribution in [-0.4, -0.2) is 38.8 Å². The van der Waals surface area contributed by atoms with Crippen molar-refractivity contribution in [2.45, 2.75) is 69.2 Å². The molecule has 0 bridgehead atoms.